The van der Waals surface area contributed by atoms with E-state index >= 15 is 0 Å². The summed E-state index contributed by atoms with van der Waals surface area (Å²) in [7, 11) is 0. The van der Waals surface area contributed by atoms with Crippen LogP contribution in [0.15, 0.2) is 78.2 Å². The molecule has 3 aromatic carbocycles. The molecule has 5 rings (SSSR count). The van der Waals surface area contributed by atoms with Gasteiger partial charge in [-0.2, -0.15) is 5.26 Å². The van der Waals surface area contributed by atoms with Crippen molar-refractivity contribution in [1.29, 1.82) is 5.26 Å². The van der Waals surface area contributed by atoms with Gasteiger partial charge in [0.1, 0.15) is 11.6 Å². The molecule has 0 saturated carbocycles. The molecule has 0 radical (unpaired) electrons. The van der Waals surface area contributed by atoms with E-state index in [9.17, 15) is 5.26 Å². The second kappa shape index (κ2) is 6.69. The predicted octanol–water partition coefficient (Wildman–Crippen LogP) is 5.10. The number of halogens is 1. The average molecular weight is 399 g/mol. The first-order valence-electron chi connectivity index (χ1n) is 9.06. The molecule has 29 heavy (non-hydrogen) atoms. The number of H-pyrrole nitrogens is 1. The van der Waals surface area contributed by atoms with Crippen LogP contribution in [-0.4, -0.2) is 10.2 Å². The van der Waals surface area contributed by atoms with Gasteiger partial charge in [-0.15, -0.1) is 5.10 Å². The van der Waals surface area contributed by atoms with Gasteiger partial charge in [0.25, 0.3) is 0 Å². The van der Waals surface area contributed by atoms with Crippen molar-refractivity contribution in [3.05, 3.63) is 94.3 Å². The van der Waals surface area contributed by atoms with Crippen LogP contribution in [0, 0.1) is 11.3 Å². The number of nitrogens with two attached hydrogens (primary N) is 1. The fourth-order valence-corrected chi connectivity index (χ4v) is 3.92. The SMILES string of the molecule is N#CC1=C(N)Oc2n[nH]c(-c3ccc4ccccc4c3)c2C1c1ccc(Cl)cc1. The van der Waals surface area contributed by atoms with Gasteiger partial charge in [-0.25, -0.2) is 0 Å². The summed E-state index contributed by atoms with van der Waals surface area (Å²) in [6.07, 6.45) is 0. The number of hydrogen-bond acceptors (Lipinski definition) is 4. The Kier molecular flexibility index (Phi) is 4.01. The summed E-state index contributed by atoms with van der Waals surface area (Å²) in [5, 5.41) is 20.1. The van der Waals surface area contributed by atoms with Crippen molar-refractivity contribution in [1.82, 2.24) is 10.2 Å². The van der Waals surface area contributed by atoms with Gasteiger partial charge in [0, 0.05) is 10.6 Å². The van der Waals surface area contributed by atoms with Gasteiger partial charge >= 0.3 is 0 Å². The zero-order chi connectivity index (χ0) is 20.0. The third-order valence-electron chi connectivity index (χ3n) is 5.18. The molecule has 140 valence electrons. The number of allylic oxidation sites excluding steroid dienone is 1. The van der Waals surface area contributed by atoms with Crippen LogP contribution in [0.2, 0.25) is 5.02 Å². The molecule has 1 aliphatic rings. The minimum atomic E-state index is -0.402. The molecule has 0 fully saturated rings. The topological polar surface area (TPSA) is 87.7 Å². The van der Waals surface area contributed by atoms with Crippen LogP contribution >= 0.6 is 11.6 Å². The van der Waals surface area contributed by atoms with E-state index in [1.807, 2.05) is 30.3 Å². The first kappa shape index (κ1) is 17.4. The summed E-state index contributed by atoms with van der Waals surface area (Å²) in [6, 6.07) is 23.9. The Balaban J connectivity index is 1.73. The Bertz CT molecular complexity index is 1310. The Morgan fingerprint density at radius 3 is 2.55 bits per heavy atom. The van der Waals surface area contributed by atoms with Gasteiger partial charge in [-0.05, 0) is 34.5 Å². The molecule has 0 amide bonds. The van der Waals surface area contributed by atoms with Crippen LogP contribution in [-0.2, 0) is 0 Å². The van der Waals surface area contributed by atoms with E-state index in [4.69, 9.17) is 22.1 Å². The summed E-state index contributed by atoms with van der Waals surface area (Å²) < 4.78 is 5.67. The third kappa shape index (κ3) is 2.82. The van der Waals surface area contributed by atoms with Crippen molar-refractivity contribution in [2.24, 2.45) is 5.73 Å². The number of rotatable bonds is 2. The lowest BCUT2D eigenvalue weighted by Gasteiger charge is -2.24. The van der Waals surface area contributed by atoms with E-state index in [0.29, 0.717) is 16.5 Å². The van der Waals surface area contributed by atoms with Gasteiger partial charge in [-0.3, -0.25) is 5.10 Å². The molecule has 0 bridgehead atoms. The summed E-state index contributed by atoms with van der Waals surface area (Å²) in [5.74, 6) is 0.0438. The number of aromatic amines is 1. The first-order chi connectivity index (χ1) is 14.2. The lowest BCUT2D eigenvalue weighted by atomic mass is 9.83. The number of nitrogens with one attached hydrogen (secondary N) is 1. The fraction of sp³-hybridized carbons (Fsp3) is 0.0435. The maximum absolute atomic E-state index is 9.79. The minimum absolute atomic E-state index is 0.0662. The monoisotopic (exact) mass is 398 g/mol. The zero-order valence-electron chi connectivity index (χ0n) is 15.2. The van der Waals surface area contributed by atoms with Gasteiger partial charge in [0.15, 0.2) is 0 Å². The highest BCUT2D eigenvalue weighted by Gasteiger charge is 2.35. The van der Waals surface area contributed by atoms with E-state index in [2.05, 4.69) is 40.5 Å². The normalized spacial score (nSPS) is 15.7. The van der Waals surface area contributed by atoms with Gasteiger partial charge in [0.2, 0.25) is 11.8 Å². The summed E-state index contributed by atoms with van der Waals surface area (Å²) >= 11 is 6.07. The lowest BCUT2D eigenvalue weighted by Crippen LogP contribution is -2.20. The van der Waals surface area contributed by atoms with E-state index in [-0.39, 0.29) is 5.88 Å². The highest BCUT2D eigenvalue weighted by atomic mass is 35.5. The zero-order valence-corrected chi connectivity index (χ0v) is 15.9. The molecular formula is C23H15ClN4O. The van der Waals surface area contributed by atoms with Crippen molar-refractivity contribution in [3.8, 4) is 23.2 Å². The lowest BCUT2D eigenvalue weighted by molar-refractivity contribution is 0.379. The highest BCUT2D eigenvalue weighted by Crippen LogP contribution is 2.45. The summed E-state index contributed by atoms with van der Waals surface area (Å²) in [6.45, 7) is 0. The molecule has 2 heterocycles. The average Bonchev–Trinajstić information content (AvgIpc) is 3.16. The second-order valence-corrected chi connectivity index (χ2v) is 7.29. The number of hydrogen-bond donors (Lipinski definition) is 2. The van der Waals surface area contributed by atoms with Gasteiger partial charge in [-0.1, -0.05) is 60.1 Å². The summed E-state index contributed by atoms with van der Waals surface area (Å²) in [4.78, 5) is 0. The van der Waals surface area contributed by atoms with Crippen LogP contribution < -0.4 is 10.5 Å². The molecule has 4 aromatic rings. The highest BCUT2D eigenvalue weighted by molar-refractivity contribution is 6.30. The molecule has 0 saturated heterocycles. The van der Waals surface area contributed by atoms with Gasteiger partial charge in [0.05, 0.1) is 17.2 Å². The molecule has 6 heteroatoms. The molecular weight excluding hydrogens is 384 g/mol. The predicted molar refractivity (Wildman–Crippen MR) is 112 cm³/mol. The van der Waals surface area contributed by atoms with Crippen molar-refractivity contribution in [2.45, 2.75) is 5.92 Å². The molecule has 1 aromatic heterocycles. The Morgan fingerprint density at radius 2 is 1.79 bits per heavy atom. The molecule has 1 atom stereocenters. The maximum atomic E-state index is 9.79. The fourth-order valence-electron chi connectivity index (χ4n) is 3.80. The standard InChI is InChI=1S/C23H15ClN4O/c24-17-9-7-14(8-10-17)19-18(12-25)22(26)29-23-20(19)21(27-28-23)16-6-5-13-3-1-2-4-15(13)11-16/h1-11,19H,26H2,(H,27,28). The molecule has 3 N–H and O–H groups in total. The molecule has 1 unspecified atom stereocenters. The maximum Gasteiger partial charge on any atom is 0.244 e. The number of fused-ring (bicyclic) bond motifs is 2. The smallest absolute Gasteiger partial charge is 0.244 e. The molecule has 1 aliphatic heterocycles. The van der Waals surface area contributed by atoms with Gasteiger partial charge < -0.3 is 10.5 Å². The van der Waals surface area contributed by atoms with E-state index < -0.39 is 5.92 Å². The third-order valence-corrected chi connectivity index (χ3v) is 5.43. The number of ether oxygens (including phenoxy) is 1. The van der Waals surface area contributed by atoms with Crippen molar-refractivity contribution in [2.75, 3.05) is 0 Å². The van der Waals surface area contributed by atoms with Crippen LogP contribution in [0.25, 0.3) is 22.0 Å². The Morgan fingerprint density at radius 1 is 1.03 bits per heavy atom. The second-order valence-electron chi connectivity index (χ2n) is 6.86. The first-order valence-corrected chi connectivity index (χ1v) is 9.44. The molecule has 0 spiro atoms. The van der Waals surface area contributed by atoms with Crippen LogP contribution in [0.5, 0.6) is 5.88 Å². The van der Waals surface area contributed by atoms with Crippen molar-refractivity contribution < 1.29 is 4.74 Å². The Labute approximate surface area is 172 Å². The van der Waals surface area contributed by atoms with Crippen LogP contribution in [0.4, 0.5) is 0 Å². The van der Waals surface area contributed by atoms with Crippen LogP contribution in [0.1, 0.15) is 17.0 Å². The quantitative estimate of drug-likeness (QED) is 0.491. The van der Waals surface area contributed by atoms with Crippen molar-refractivity contribution >= 4 is 22.4 Å². The number of nitriles is 1. The minimum Gasteiger partial charge on any atom is -0.420 e. The largest absolute Gasteiger partial charge is 0.420 e. The van der Waals surface area contributed by atoms with Crippen molar-refractivity contribution in [3.63, 3.8) is 0 Å². The van der Waals surface area contributed by atoms with Crippen LogP contribution in [0.3, 0.4) is 0 Å². The van der Waals surface area contributed by atoms with E-state index in [1.165, 1.54) is 0 Å². The Hall–Kier alpha value is -3.75. The number of nitrogens with zero attached hydrogens (tertiary/aromatic N) is 2. The van der Waals surface area contributed by atoms with E-state index in [0.717, 1.165) is 33.2 Å². The molecule has 5 nitrogen and oxygen atoms in total. The number of aromatic nitrogens is 2. The van der Waals surface area contributed by atoms with E-state index in [1.54, 1.807) is 12.1 Å². The molecule has 0 aliphatic carbocycles. The number of benzene rings is 3. The summed E-state index contributed by atoms with van der Waals surface area (Å²) in [5.41, 5.74) is 9.82.